The van der Waals surface area contributed by atoms with Crippen LogP contribution in [0.5, 0.6) is 5.75 Å². The van der Waals surface area contributed by atoms with E-state index in [0.29, 0.717) is 23.4 Å². The van der Waals surface area contributed by atoms with E-state index in [0.717, 1.165) is 5.56 Å². The van der Waals surface area contributed by atoms with Crippen molar-refractivity contribution in [1.29, 1.82) is 5.26 Å². The molecule has 1 amide bonds. The van der Waals surface area contributed by atoms with Gasteiger partial charge in [0, 0.05) is 24.8 Å². The molecule has 0 saturated heterocycles. The number of carbonyl (C=O) groups is 1. The molecule has 0 fully saturated rings. The van der Waals surface area contributed by atoms with Crippen molar-refractivity contribution < 1.29 is 14.3 Å². The second kappa shape index (κ2) is 7.97. The smallest absolute Gasteiger partial charge is 0.251 e. The Kier molecular flexibility index (Phi) is 5.73. The van der Waals surface area contributed by atoms with E-state index in [2.05, 4.69) is 5.32 Å². The molecular formula is C18H18N2O3. The zero-order valence-electron chi connectivity index (χ0n) is 13.1. The van der Waals surface area contributed by atoms with Gasteiger partial charge in [0.05, 0.1) is 18.7 Å². The Labute approximate surface area is 135 Å². The maximum atomic E-state index is 12.2. The highest BCUT2D eigenvalue weighted by molar-refractivity contribution is 5.94. The summed E-state index contributed by atoms with van der Waals surface area (Å²) in [7, 11) is 3.18. The summed E-state index contributed by atoms with van der Waals surface area (Å²) in [6.07, 6.45) is -0.325. The lowest BCUT2D eigenvalue weighted by atomic mass is 10.1. The number of nitrogens with one attached hydrogen (secondary N) is 1. The van der Waals surface area contributed by atoms with E-state index in [1.165, 1.54) is 0 Å². The summed E-state index contributed by atoms with van der Waals surface area (Å²) < 4.78 is 10.8. The monoisotopic (exact) mass is 310 g/mol. The van der Waals surface area contributed by atoms with Crippen molar-refractivity contribution in [3.63, 3.8) is 0 Å². The van der Waals surface area contributed by atoms with Crippen molar-refractivity contribution in [2.75, 3.05) is 20.8 Å². The molecule has 1 atom stereocenters. The van der Waals surface area contributed by atoms with Crippen LogP contribution in [0.2, 0.25) is 0 Å². The van der Waals surface area contributed by atoms with E-state index in [1.54, 1.807) is 38.5 Å². The molecular weight excluding hydrogens is 292 g/mol. The lowest BCUT2D eigenvalue weighted by Gasteiger charge is -2.19. The average molecular weight is 310 g/mol. The van der Waals surface area contributed by atoms with Crippen molar-refractivity contribution in [3.05, 3.63) is 65.2 Å². The number of carbonyl (C=O) groups excluding carboxylic acids is 1. The van der Waals surface area contributed by atoms with Crippen LogP contribution in [0, 0.1) is 11.3 Å². The van der Waals surface area contributed by atoms with Crippen LogP contribution in [0.4, 0.5) is 0 Å². The van der Waals surface area contributed by atoms with Crippen LogP contribution in [-0.4, -0.2) is 26.7 Å². The summed E-state index contributed by atoms with van der Waals surface area (Å²) in [5.41, 5.74) is 1.76. The van der Waals surface area contributed by atoms with Gasteiger partial charge in [-0.05, 0) is 24.3 Å². The lowest BCUT2D eigenvalue weighted by Crippen LogP contribution is -2.29. The van der Waals surface area contributed by atoms with E-state index >= 15 is 0 Å². The van der Waals surface area contributed by atoms with Crippen LogP contribution < -0.4 is 10.1 Å². The molecule has 1 unspecified atom stereocenters. The predicted molar refractivity (Wildman–Crippen MR) is 86.2 cm³/mol. The SMILES string of the molecule is COc1ccccc1C(CNC(=O)c1cccc(C#N)c1)OC. The average Bonchev–Trinajstić information content (AvgIpc) is 2.62. The van der Waals surface area contributed by atoms with Gasteiger partial charge >= 0.3 is 0 Å². The third kappa shape index (κ3) is 4.09. The Balaban J connectivity index is 2.08. The molecule has 5 nitrogen and oxygen atoms in total. The fraction of sp³-hybridized carbons (Fsp3) is 0.222. The first kappa shape index (κ1) is 16.5. The van der Waals surface area contributed by atoms with Gasteiger partial charge in [-0.25, -0.2) is 0 Å². The molecule has 118 valence electrons. The summed E-state index contributed by atoms with van der Waals surface area (Å²) in [4.78, 5) is 12.2. The number of para-hydroxylation sites is 1. The highest BCUT2D eigenvalue weighted by atomic mass is 16.5. The van der Waals surface area contributed by atoms with Crippen LogP contribution in [0.25, 0.3) is 0 Å². The molecule has 23 heavy (non-hydrogen) atoms. The molecule has 0 heterocycles. The van der Waals surface area contributed by atoms with Gasteiger partial charge in [-0.3, -0.25) is 4.79 Å². The standard InChI is InChI=1S/C18H18N2O3/c1-22-16-9-4-3-8-15(16)17(23-2)12-20-18(21)14-7-5-6-13(10-14)11-19/h3-10,17H,12H2,1-2H3,(H,20,21). The molecule has 0 aliphatic heterocycles. The third-order valence-electron chi connectivity index (χ3n) is 3.47. The fourth-order valence-electron chi connectivity index (χ4n) is 2.27. The minimum atomic E-state index is -0.325. The van der Waals surface area contributed by atoms with Gasteiger partial charge in [-0.15, -0.1) is 0 Å². The van der Waals surface area contributed by atoms with Crippen molar-refractivity contribution in [3.8, 4) is 11.8 Å². The van der Waals surface area contributed by atoms with Gasteiger partial charge in [0.25, 0.3) is 5.91 Å². The topological polar surface area (TPSA) is 71.3 Å². The molecule has 1 N–H and O–H groups in total. The largest absolute Gasteiger partial charge is 0.496 e. The summed E-state index contributed by atoms with van der Waals surface area (Å²) >= 11 is 0. The zero-order valence-corrected chi connectivity index (χ0v) is 13.1. The predicted octanol–water partition coefficient (Wildman–Crippen LogP) is 2.68. The van der Waals surface area contributed by atoms with Crippen LogP contribution >= 0.6 is 0 Å². The Morgan fingerprint density at radius 2 is 2.00 bits per heavy atom. The fourth-order valence-corrected chi connectivity index (χ4v) is 2.27. The first-order valence-corrected chi connectivity index (χ1v) is 7.13. The minimum absolute atomic E-state index is 0.251. The second-order valence-electron chi connectivity index (χ2n) is 4.87. The number of hydrogen-bond acceptors (Lipinski definition) is 4. The molecule has 0 radical (unpaired) electrons. The number of ether oxygens (including phenoxy) is 2. The number of methoxy groups -OCH3 is 2. The summed E-state index contributed by atoms with van der Waals surface area (Å²) in [6, 6.07) is 16.1. The first-order chi connectivity index (χ1) is 11.2. The van der Waals surface area contributed by atoms with Crippen LogP contribution in [0.1, 0.15) is 27.6 Å². The first-order valence-electron chi connectivity index (χ1n) is 7.13. The number of nitriles is 1. The highest BCUT2D eigenvalue weighted by Crippen LogP contribution is 2.26. The van der Waals surface area contributed by atoms with Gasteiger partial charge in [-0.1, -0.05) is 24.3 Å². The van der Waals surface area contributed by atoms with Gasteiger partial charge in [0.1, 0.15) is 11.9 Å². The molecule has 0 aliphatic rings. The molecule has 0 spiro atoms. The maximum absolute atomic E-state index is 12.2. The maximum Gasteiger partial charge on any atom is 0.251 e. The van der Waals surface area contributed by atoms with Crippen LogP contribution in [0.15, 0.2) is 48.5 Å². The Morgan fingerprint density at radius 1 is 1.22 bits per heavy atom. The Hall–Kier alpha value is -2.84. The number of nitrogens with zero attached hydrogens (tertiary/aromatic N) is 1. The normalized spacial score (nSPS) is 11.3. The molecule has 0 aliphatic carbocycles. The van der Waals surface area contributed by atoms with Crippen LogP contribution in [-0.2, 0) is 4.74 Å². The third-order valence-corrected chi connectivity index (χ3v) is 3.47. The van der Waals surface area contributed by atoms with Crippen molar-refractivity contribution >= 4 is 5.91 Å². The van der Waals surface area contributed by atoms with Crippen LogP contribution in [0.3, 0.4) is 0 Å². The van der Waals surface area contributed by atoms with E-state index < -0.39 is 0 Å². The van der Waals surface area contributed by atoms with E-state index in [1.807, 2.05) is 30.3 Å². The molecule has 0 aromatic heterocycles. The summed E-state index contributed by atoms with van der Waals surface area (Å²) in [5.74, 6) is 0.458. The minimum Gasteiger partial charge on any atom is -0.496 e. The van der Waals surface area contributed by atoms with E-state index in [9.17, 15) is 4.79 Å². The number of rotatable bonds is 6. The van der Waals surface area contributed by atoms with Gasteiger partial charge in [0.15, 0.2) is 0 Å². The number of hydrogen-bond donors (Lipinski definition) is 1. The van der Waals surface area contributed by atoms with Crippen molar-refractivity contribution in [2.24, 2.45) is 0 Å². The number of benzene rings is 2. The van der Waals surface area contributed by atoms with E-state index in [-0.39, 0.29) is 12.0 Å². The van der Waals surface area contributed by atoms with Crippen molar-refractivity contribution in [2.45, 2.75) is 6.10 Å². The second-order valence-corrected chi connectivity index (χ2v) is 4.87. The van der Waals surface area contributed by atoms with E-state index in [4.69, 9.17) is 14.7 Å². The lowest BCUT2D eigenvalue weighted by molar-refractivity contribution is 0.0819. The Morgan fingerprint density at radius 3 is 2.70 bits per heavy atom. The molecule has 0 bridgehead atoms. The zero-order chi connectivity index (χ0) is 16.7. The van der Waals surface area contributed by atoms with Crippen molar-refractivity contribution in [1.82, 2.24) is 5.32 Å². The molecule has 2 aromatic carbocycles. The highest BCUT2D eigenvalue weighted by Gasteiger charge is 2.16. The van der Waals surface area contributed by atoms with Gasteiger partial charge in [0.2, 0.25) is 0 Å². The molecule has 0 saturated carbocycles. The summed E-state index contributed by atoms with van der Waals surface area (Å²) in [5, 5.41) is 11.7. The van der Waals surface area contributed by atoms with Gasteiger partial charge < -0.3 is 14.8 Å². The summed E-state index contributed by atoms with van der Waals surface area (Å²) in [6.45, 7) is 0.298. The molecule has 2 aromatic rings. The Bertz CT molecular complexity index is 722. The molecule has 2 rings (SSSR count). The molecule has 5 heteroatoms. The quantitative estimate of drug-likeness (QED) is 0.890. The van der Waals surface area contributed by atoms with Gasteiger partial charge in [-0.2, -0.15) is 5.26 Å². The number of amides is 1.